The van der Waals surface area contributed by atoms with Crippen LogP contribution in [0.4, 0.5) is 0 Å². The lowest BCUT2D eigenvalue weighted by molar-refractivity contribution is 0.337. The van der Waals surface area contributed by atoms with Gasteiger partial charge in [-0.3, -0.25) is 4.99 Å². The predicted molar refractivity (Wildman–Crippen MR) is 103 cm³/mol. The highest BCUT2D eigenvalue weighted by atomic mass is 16.3. The van der Waals surface area contributed by atoms with E-state index in [1.807, 2.05) is 47.6 Å². The average Bonchev–Trinajstić information content (AvgIpc) is 2.57. The molecule has 4 N–H and O–H groups in total. The Morgan fingerprint density at radius 1 is 1.27 bits per heavy atom. The standard InChI is InChI=1S/C7H14N2O.C7H11N.2C2H6/c1-3-7(5-10)4-9-6(2)8;1-3-5-7(4-2)6-8;2*1-2/h3-4,6,10H,5,8H2,1-2H3;3,5-6,8H,1,4H2,2H3;2*1-2H3/b7-3+,9-4-;7-5-,8-6?;;. The van der Waals surface area contributed by atoms with Gasteiger partial charge in [0.2, 0.25) is 0 Å². The van der Waals surface area contributed by atoms with Crippen LogP contribution < -0.4 is 5.73 Å². The summed E-state index contributed by atoms with van der Waals surface area (Å²) in [6.45, 7) is 17.2. The number of nitrogens with one attached hydrogen (secondary N) is 1. The topological polar surface area (TPSA) is 82.5 Å². The van der Waals surface area contributed by atoms with Crippen molar-refractivity contribution >= 4 is 12.4 Å². The molecule has 0 aromatic heterocycles. The molecule has 1 atom stereocenters. The van der Waals surface area contributed by atoms with Crippen LogP contribution in [-0.2, 0) is 0 Å². The fraction of sp³-hybridized carbons (Fsp3) is 0.556. The van der Waals surface area contributed by atoms with E-state index in [0.717, 1.165) is 17.6 Å². The molecule has 0 aromatic carbocycles. The van der Waals surface area contributed by atoms with Crippen LogP contribution in [0.5, 0.6) is 0 Å². The number of aliphatic hydroxyl groups is 1. The Morgan fingerprint density at radius 2 is 1.77 bits per heavy atom. The largest absolute Gasteiger partial charge is 0.392 e. The summed E-state index contributed by atoms with van der Waals surface area (Å²) in [5.41, 5.74) is 7.15. The molecule has 0 aliphatic carbocycles. The zero-order valence-corrected chi connectivity index (χ0v) is 15.6. The van der Waals surface area contributed by atoms with E-state index in [2.05, 4.69) is 11.6 Å². The van der Waals surface area contributed by atoms with E-state index in [0.29, 0.717) is 0 Å². The van der Waals surface area contributed by atoms with Gasteiger partial charge >= 0.3 is 0 Å². The minimum Gasteiger partial charge on any atom is -0.392 e. The van der Waals surface area contributed by atoms with Crippen LogP contribution in [0.2, 0.25) is 0 Å². The van der Waals surface area contributed by atoms with Crippen LogP contribution in [0.15, 0.2) is 40.9 Å². The van der Waals surface area contributed by atoms with Crippen molar-refractivity contribution in [1.29, 1.82) is 5.41 Å². The Labute approximate surface area is 138 Å². The summed E-state index contributed by atoms with van der Waals surface area (Å²) in [7, 11) is 0. The first-order valence-electron chi connectivity index (χ1n) is 7.92. The zero-order chi connectivity index (χ0) is 18.4. The molecule has 4 nitrogen and oxygen atoms in total. The third-order valence-electron chi connectivity index (χ3n) is 1.95. The third-order valence-corrected chi connectivity index (χ3v) is 1.95. The Hall–Kier alpha value is -1.52. The number of hydrogen-bond donors (Lipinski definition) is 3. The van der Waals surface area contributed by atoms with Crippen molar-refractivity contribution in [3.05, 3.63) is 36.0 Å². The van der Waals surface area contributed by atoms with E-state index in [1.54, 1.807) is 25.3 Å². The van der Waals surface area contributed by atoms with Crippen LogP contribution in [0.3, 0.4) is 0 Å². The number of aliphatic imine (C=N–C) groups is 1. The van der Waals surface area contributed by atoms with E-state index >= 15 is 0 Å². The molecule has 22 heavy (non-hydrogen) atoms. The lowest BCUT2D eigenvalue weighted by Gasteiger charge is -1.96. The lowest BCUT2D eigenvalue weighted by atomic mass is 10.2. The van der Waals surface area contributed by atoms with Gasteiger partial charge in [-0.1, -0.05) is 59.4 Å². The van der Waals surface area contributed by atoms with E-state index in [-0.39, 0.29) is 12.8 Å². The Balaban J connectivity index is -0.000000121. The minimum absolute atomic E-state index is 0.0206. The third kappa shape index (κ3) is 26.9. The predicted octanol–water partition coefficient (Wildman–Crippen LogP) is 4.51. The van der Waals surface area contributed by atoms with Gasteiger partial charge in [0.1, 0.15) is 0 Å². The van der Waals surface area contributed by atoms with Crippen LogP contribution in [0, 0.1) is 5.41 Å². The van der Waals surface area contributed by atoms with Crippen LogP contribution >= 0.6 is 0 Å². The molecule has 4 heteroatoms. The van der Waals surface area contributed by atoms with Crippen molar-refractivity contribution in [3.8, 4) is 0 Å². The summed E-state index contributed by atoms with van der Waals surface area (Å²) < 4.78 is 0. The molecule has 0 aromatic rings. The molecule has 0 saturated heterocycles. The normalized spacial score (nSPS) is 11.9. The maximum absolute atomic E-state index is 8.64. The van der Waals surface area contributed by atoms with Crippen molar-refractivity contribution in [2.45, 2.75) is 61.1 Å². The van der Waals surface area contributed by atoms with E-state index in [9.17, 15) is 0 Å². The Bertz CT molecular complexity index is 316. The molecule has 0 bridgehead atoms. The van der Waals surface area contributed by atoms with Crippen molar-refractivity contribution in [1.82, 2.24) is 0 Å². The smallest absolute Gasteiger partial charge is 0.0940 e. The molecular weight excluding hydrogens is 274 g/mol. The highest BCUT2D eigenvalue weighted by molar-refractivity contribution is 5.78. The second kappa shape index (κ2) is 27.8. The monoisotopic (exact) mass is 311 g/mol. The summed E-state index contributed by atoms with van der Waals surface area (Å²) in [5.74, 6) is 0. The second-order valence-corrected chi connectivity index (χ2v) is 3.52. The fourth-order valence-electron chi connectivity index (χ4n) is 0.839. The van der Waals surface area contributed by atoms with Gasteiger partial charge < -0.3 is 16.2 Å². The first kappa shape index (κ1) is 28.6. The molecule has 0 rings (SSSR count). The van der Waals surface area contributed by atoms with Crippen LogP contribution in [0.1, 0.15) is 54.9 Å². The summed E-state index contributed by atoms with van der Waals surface area (Å²) in [6.07, 6.45) is 8.99. The molecular formula is C18H37N3O. The maximum Gasteiger partial charge on any atom is 0.0940 e. The van der Waals surface area contributed by atoms with Gasteiger partial charge in [-0.25, -0.2) is 0 Å². The van der Waals surface area contributed by atoms with Crippen molar-refractivity contribution in [2.75, 3.05) is 6.61 Å². The van der Waals surface area contributed by atoms with Crippen molar-refractivity contribution in [2.24, 2.45) is 10.7 Å². The number of hydrogen-bond acceptors (Lipinski definition) is 4. The molecule has 0 fully saturated rings. The SMILES string of the molecule is C/C=C(\C=N/C(C)N)CO.C=C/C=C(\C=N)CC.CC.CC. The summed E-state index contributed by atoms with van der Waals surface area (Å²) in [6, 6.07) is 0. The molecule has 0 aliphatic rings. The summed E-state index contributed by atoms with van der Waals surface area (Å²) >= 11 is 0. The van der Waals surface area contributed by atoms with Crippen LogP contribution in [-0.4, -0.2) is 30.3 Å². The number of nitrogens with two attached hydrogens (primary N) is 1. The molecule has 0 amide bonds. The number of aliphatic hydroxyl groups excluding tert-OH is 1. The molecule has 0 radical (unpaired) electrons. The first-order valence-corrected chi connectivity index (χ1v) is 7.92. The molecule has 130 valence electrons. The number of nitrogens with zero attached hydrogens (tertiary/aromatic N) is 1. The highest BCUT2D eigenvalue weighted by Gasteiger charge is 1.87. The van der Waals surface area contributed by atoms with Gasteiger partial charge in [0.15, 0.2) is 0 Å². The number of rotatable bonds is 6. The first-order chi connectivity index (χ1) is 10.5. The molecule has 0 saturated carbocycles. The summed E-state index contributed by atoms with van der Waals surface area (Å²) in [5, 5.41) is 15.5. The Morgan fingerprint density at radius 3 is 1.95 bits per heavy atom. The van der Waals surface area contributed by atoms with Gasteiger partial charge in [0.05, 0.1) is 12.8 Å². The van der Waals surface area contributed by atoms with Crippen molar-refractivity contribution in [3.63, 3.8) is 0 Å². The average molecular weight is 312 g/mol. The van der Waals surface area contributed by atoms with E-state index < -0.39 is 0 Å². The molecule has 0 spiro atoms. The minimum atomic E-state index is -0.193. The highest BCUT2D eigenvalue weighted by Crippen LogP contribution is 1.94. The maximum atomic E-state index is 8.64. The lowest BCUT2D eigenvalue weighted by Crippen LogP contribution is -2.11. The number of allylic oxidation sites excluding steroid dienone is 4. The summed E-state index contributed by atoms with van der Waals surface area (Å²) in [4.78, 5) is 3.89. The van der Waals surface area contributed by atoms with Crippen LogP contribution in [0.25, 0.3) is 0 Å². The quantitative estimate of drug-likeness (QED) is 0.498. The second-order valence-electron chi connectivity index (χ2n) is 3.52. The van der Waals surface area contributed by atoms with E-state index in [4.69, 9.17) is 16.2 Å². The van der Waals surface area contributed by atoms with E-state index in [1.165, 1.54) is 6.21 Å². The Kier molecular flexibility index (Phi) is 36.1. The van der Waals surface area contributed by atoms with Gasteiger partial charge in [0, 0.05) is 12.4 Å². The van der Waals surface area contributed by atoms with Crippen molar-refractivity contribution < 1.29 is 5.11 Å². The van der Waals surface area contributed by atoms with Gasteiger partial charge in [-0.05, 0) is 31.4 Å². The molecule has 1 unspecified atom stereocenters. The van der Waals surface area contributed by atoms with Gasteiger partial charge in [-0.2, -0.15) is 0 Å². The zero-order valence-electron chi connectivity index (χ0n) is 15.6. The van der Waals surface area contributed by atoms with Gasteiger partial charge in [-0.15, -0.1) is 0 Å². The van der Waals surface area contributed by atoms with Gasteiger partial charge in [0.25, 0.3) is 0 Å². The molecule has 0 heterocycles. The fourth-order valence-corrected chi connectivity index (χ4v) is 0.839. The molecule has 0 aliphatic heterocycles.